The topological polar surface area (TPSA) is 23.9 Å². The third kappa shape index (κ3) is 1.47. The number of nitrogens with one attached hydrogen (secondary N) is 1. The highest BCUT2D eigenvalue weighted by molar-refractivity contribution is 5.88. The molecule has 1 N–H and O–H groups in total. The van der Waals surface area contributed by atoms with Gasteiger partial charge in [-0.1, -0.05) is 32.4 Å². The van der Waals surface area contributed by atoms with Gasteiger partial charge in [-0.05, 0) is 5.41 Å². The maximum atomic E-state index is 7.41. The third-order valence-electron chi connectivity index (χ3n) is 1.96. The predicted molar refractivity (Wildman–Crippen MR) is 44.5 cm³/mol. The lowest BCUT2D eigenvalue weighted by Gasteiger charge is -2.19. The quantitative estimate of drug-likeness (QED) is 0.496. The molecule has 0 bridgehead atoms. The summed E-state index contributed by atoms with van der Waals surface area (Å²) in [6, 6.07) is 0. The summed E-state index contributed by atoms with van der Waals surface area (Å²) in [4.78, 5) is 0. The average molecular weight is 137 g/mol. The van der Waals surface area contributed by atoms with Gasteiger partial charge in [0.05, 0.1) is 0 Å². The maximum Gasteiger partial charge on any atom is 0.0167 e. The van der Waals surface area contributed by atoms with Gasteiger partial charge in [-0.2, -0.15) is 0 Å². The SMILES string of the molecule is CC(C)(C)C1=CCC(=N)C1. The van der Waals surface area contributed by atoms with Gasteiger partial charge in [-0.15, -0.1) is 0 Å². The van der Waals surface area contributed by atoms with Crippen LogP contribution in [0.2, 0.25) is 0 Å². The molecule has 0 radical (unpaired) electrons. The molecule has 1 nitrogen and oxygen atoms in total. The Bertz CT molecular complexity index is 181. The molecule has 0 fully saturated rings. The molecular formula is C9H15N. The minimum atomic E-state index is 0.281. The van der Waals surface area contributed by atoms with E-state index in [0.29, 0.717) is 0 Å². The van der Waals surface area contributed by atoms with Crippen LogP contribution in [-0.2, 0) is 0 Å². The van der Waals surface area contributed by atoms with Crippen LogP contribution in [0.1, 0.15) is 33.6 Å². The van der Waals surface area contributed by atoms with Gasteiger partial charge >= 0.3 is 0 Å². The largest absolute Gasteiger partial charge is 0.309 e. The van der Waals surface area contributed by atoms with Crippen molar-refractivity contribution in [1.82, 2.24) is 0 Å². The smallest absolute Gasteiger partial charge is 0.0167 e. The molecule has 1 aliphatic rings. The third-order valence-corrected chi connectivity index (χ3v) is 1.96. The monoisotopic (exact) mass is 137 g/mol. The molecule has 0 saturated carbocycles. The van der Waals surface area contributed by atoms with Crippen molar-refractivity contribution < 1.29 is 0 Å². The van der Waals surface area contributed by atoms with E-state index >= 15 is 0 Å². The molecule has 0 aromatic heterocycles. The van der Waals surface area contributed by atoms with E-state index in [4.69, 9.17) is 5.41 Å². The van der Waals surface area contributed by atoms with E-state index in [2.05, 4.69) is 26.8 Å². The number of hydrogen-bond acceptors (Lipinski definition) is 1. The zero-order chi connectivity index (χ0) is 7.78. The Hall–Kier alpha value is -0.590. The van der Waals surface area contributed by atoms with E-state index in [1.165, 1.54) is 5.57 Å². The van der Waals surface area contributed by atoms with Crippen LogP contribution in [0.15, 0.2) is 11.6 Å². The molecule has 0 aromatic carbocycles. The lowest BCUT2D eigenvalue weighted by Crippen LogP contribution is -2.08. The summed E-state index contributed by atoms with van der Waals surface area (Å²) in [6.07, 6.45) is 3.98. The molecule has 1 aliphatic carbocycles. The van der Waals surface area contributed by atoms with Crippen LogP contribution >= 0.6 is 0 Å². The fraction of sp³-hybridized carbons (Fsp3) is 0.667. The molecule has 0 heterocycles. The molecule has 0 aliphatic heterocycles. The Morgan fingerprint density at radius 3 is 2.20 bits per heavy atom. The Morgan fingerprint density at radius 1 is 1.40 bits per heavy atom. The first-order chi connectivity index (χ1) is 4.50. The Kier molecular flexibility index (Phi) is 1.67. The van der Waals surface area contributed by atoms with Crippen LogP contribution < -0.4 is 0 Å². The number of hydrogen-bond donors (Lipinski definition) is 1. The number of allylic oxidation sites excluding steroid dienone is 2. The van der Waals surface area contributed by atoms with Crippen molar-refractivity contribution in [3.63, 3.8) is 0 Å². The Morgan fingerprint density at radius 2 is 2.00 bits per heavy atom. The van der Waals surface area contributed by atoms with Crippen molar-refractivity contribution in [2.75, 3.05) is 0 Å². The molecule has 0 saturated heterocycles. The van der Waals surface area contributed by atoms with Crippen LogP contribution in [0.3, 0.4) is 0 Å². The summed E-state index contributed by atoms with van der Waals surface area (Å²) < 4.78 is 0. The summed E-state index contributed by atoms with van der Waals surface area (Å²) in [6.45, 7) is 6.62. The van der Waals surface area contributed by atoms with Gasteiger partial charge in [-0.25, -0.2) is 0 Å². The van der Waals surface area contributed by atoms with Crippen molar-refractivity contribution in [2.24, 2.45) is 5.41 Å². The summed E-state index contributed by atoms with van der Waals surface area (Å²) in [7, 11) is 0. The molecule has 0 unspecified atom stereocenters. The second-order valence-electron chi connectivity index (χ2n) is 3.96. The predicted octanol–water partition coefficient (Wildman–Crippen LogP) is 2.77. The number of rotatable bonds is 0. The van der Waals surface area contributed by atoms with Crippen molar-refractivity contribution in [1.29, 1.82) is 5.41 Å². The summed E-state index contributed by atoms with van der Waals surface area (Å²) in [5.41, 5.74) is 2.57. The molecular weight excluding hydrogens is 122 g/mol. The Labute approximate surface area is 62.6 Å². The lowest BCUT2D eigenvalue weighted by molar-refractivity contribution is 0.499. The highest BCUT2D eigenvalue weighted by Gasteiger charge is 2.21. The van der Waals surface area contributed by atoms with Gasteiger partial charge < -0.3 is 5.41 Å². The average Bonchev–Trinajstić information content (AvgIpc) is 2.11. The molecule has 0 atom stereocenters. The van der Waals surface area contributed by atoms with Gasteiger partial charge in [-0.3, -0.25) is 0 Å². The van der Waals surface area contributed by atoms with Crippen molar-refractivity contribution in [2.45, 2.75) is 33.6 Å². The zero-order valence-corrected chi connectivity index (χ0v) is 6.99. The van der Waals surface area contributed by atoms with Crippen molar-refractivity contribution >= 4 is 5.71 Å². The van der Waals surface area contributed by atoms with Crippen LogP contribution in [0, 0.1) is 10.8 Å². The van der Waals surface area contributed by atoms with Gasteiger partial charge in [0.1, 0.15) is 0 Å². The highest BCUT2D eigenvalue weighted by atomic mass is 14.4. The summed E-state index contributed by atoms with van der Waals surface area (Å²) in [5.74, 6) is 0. The second kappa shape index (κ2) is 2.22. The fourth-order valence-electron chi connectivity index (χ4n) is 1.19. The molecule has 0 amide bonds. The van der Waals surface area contributed by atoms with Gasteiger partial charge in [0.25, 0.3) is 0 Å². The van der Waals surface area contributed by atoms with E-state index in [1.807, 2.05) is 0 Å². The molecule has 1 rings (SSSR count). The lowest BCUT2D eigenvalue weighted by atomic mass is 9.86. The van der Waals surface area contributed by atoms with Gasteiger partial charge in [0.2, 0.25) is 0 Å². The normalized spacial score (nSPS) is 19.5. The first-order valence-corrected chi connectivity index (χ1v) is 3.76. The first-order valence-electron chi connectivity index (χ1n) is 3.76. The molecule has 56 valence electrons. The Balaban J connectivity index is 2.69. The van der Waals surface area contributed by atoms with Crippen LogP contribution in [-0.4, -0.2) is 5.71 Å². The van der Waals surface area contributed by atoms with Gasteiger partial charge in [0, 0.05) is 18.6 Å². The van der Waals surface area contributed by atoms with E-state index < -0.39 is 0 Å². The molecule has 10 heavy (non-hydrogen) atoms. The first kappa shape index (κ1) is 7.52. The highest BCUT2D eigenvalue weighted by Crippen LogP contribution is 2.32. The van der Waals surface area contributed by atoms with Crippen molar-refractivity contribution in [3.05, 3.63) is 11.6 Å². The molecule has 1 heteroatoms. The van der Waals surface area contributed by atoms with Crippen LogP contribution in [0.4, 0.5) is 0 Å². The maximum absolute atomic E-state index is 7.41. The summed E-state index contributed by atoms with van der Waals surface area (Å²) >= 11 is 0. The fourth-order valence-corrected chi connectivity index (χ4v) is 1.19. The van der Waals surface area contributed by atoms with Crippen LogP contribution in [0.5, 0.6) is 0 Å². The van der Waals surface area contributed by atoms with E-state index in [0.717, 1.165) is 18.6 Å². The van der Waals surface area contributed by atoms with E-state index in [-0.39, 0.29) is 5.41 Å². The summed E-state index contributed by atoms with van der Waals surface area (Å²) in [5, 5.41) is 7.41. The van der Waals surface area contributed by atoms with Gasteiger partial charge in [0.15, 0.2) is 0 Å². The minimum absolute atomic E-state index is 0.281. The minimum Gasteiger partial charge on any atom is -0.309 e. The van der Waals surface area contributed by atoms with E-state index in [1.54, 1.807) is 0 Å². The van der Waals surface area contributed by atoms with E-state index in [9.17, 15) is 0 Å². The zero-order valence-electron chi connectivity index (χ0n) is 6.99. The van der Waals surface area contributed by atoms with Crippen molar-refractivity contribution in [3.8, 4) is 0 Å². The molecule has 0 spiro atoms. The second-order valence-corrected chi connectivity index (χ2v) is 3.96. The molecule has 0 aromatic rings. The standard InChI is InChI=1S/C9H15N/c1-9(2,3)7-4-5-8(10)6-7/h4,10H,5-6H2,1-3H3. The van der Waals surface area contributed by atoms with Crippen LogP contribution in [0.25, 0.3) is 0 Å².